The van der Waals surface area contributed by atoms with Crippen LogP contribution in [0.2, 0.25) is 5.02 Å². The van der Waals surface area contributed by atoms with Gasteiger partial charge in [-0.2, -0.15) is 0 Å². The number of aliphatic carboxylic acids is 1. The number of nitrogens with zero attached hydrogens (tertiary/aromatic N) is 2. The number of nitro groups is 1. The summed E-state index contributed by atoms with van der Waals surface area (Å²) in [6.45, 7) is 1.35. The first-order valence-electron chi connectivity index (χ1n) is 6.62. The van der Waals surface area contributed by atoms with Gasteiger partial charge in [-0.3, -0.25) is 10.1 Å². The number of carbonyl (C=O) groups excluding carboxylic acids is 1. The Labute approximate surface area is 126 Å². The van der Waals surface area contributed by atoms with Gasteiger partial charge in [0.2, 0.25) is 0 Å². The third kappa shape index (κ3) is 3.62. The number of carbonyl (C=O) groups is 1. The largest absolute Gasteiger partial charge is 0.549 e. The minimum Gasteiger partial charge on any atom is -0.549 e. The minimum atomic E-state index is -1.27. The van der Waals surface area contributed by atoms with Gasteiger partial charge < -0.3 is 20.1 Å². The Balaban J connectivity index is 2.30. The molecule has 1 N–H and O–H groups in total. The van der Waals surface area contributed by atoms with E-state index in [4.69, 9.17) is 11.6 Å². The van der Waals surface area contributed by atoms with E-state index in [9.17, 15) is 20.0 Å². The summed E-state index contributed by atoms with van der Waals surface area (Å²) < 4.78 is 0. The number of hydrogen-bond donors (Lipinski definition) is 1. The van der Waals surface area contributed by atoms with Crippen molar-refractivity contribution in [1.29, 1.82) is 0 Å². The molecule has 0 unspecified atom stereocenters. The van der Waals surface area contributed by atoms with Gasteiger partial charge in [0.05, 0.1) is 27.2 Å². The summed E-state index contributed by atoms with van der Waals surface area (Å²) in [6.07, 6.45) is 2.12. The summed E-state index contributed by atoms with van der Waals surface area (Å²) in [5.74, 6) is -1.27. The monoisotopic (exact) mass is 312 g/mol. The molecular weight excluding hydrogens is 298 g/mol. The Kier molecular flexibility index (Phi) is 4.98. The van der Waals surface area contributed by atoms with E-state index in [1.807, 2.05) is 0 Å². The molecule has 8 heteroatoms. The maximum absolute atomic E-state index is 11.1. The first-order chi connectivity index (χ1) is 10.0. The zero-order chi connectivity index (χ0) is 15.4. The molecule has 0 radical (unpaired) electrons. The van der Waals surface area contributed by atoms with Gasteiger partial charge in [0.1, 0.15) is 0 Å². The van der Waals surface area contributed by atoms with Crippen LogP contribution in [0.5, 0.6) is 0 Å². The number of carboxylic acid groups (broad SMARTS) is 1. The molecule has 0 bridgehead atoms. The molecule has 0 aliphatic carbocycles. The van der Waals surface area contributed by atoms with Gasteiger partial charge in [-0.05, 0) is 18.9 Å². The lowest BCUT2D eigenvalue weighted by atomic mass is 10.1. The summed E-state index contributed by atoms with van der Waals surface area (Å²) in [5, 5.41) is 24.4. The van der Waals surface area contributed by atoms with Crippen LogP contribution in [0, 0.1) is 10.1 Å². The quantitative estimate of drug-likeness (QED) is 0.613. The lowest BCUT2D eigenvalue weighted by molar-refractivity contribution is -0.385. The van der Waals surface area contributed by atoms with Crippen molar-refractivity contribution in [3.63, 3.8) is 0 Å². The third-order valence-corrected chi connectivity index (χ3v) is 3.83. The van der Waals surface area contributed by atoms with Crippen molar-refractivity contribution in [2.45, 2.75) is 19.4 Å². The van der Waals surface area contributed by atoms with E-state index in [2.05, 4.69) is 10.2 Å². The van der Waals surface area contributed by atoms with Crippen molar-refractivity contribution in [1.82, 2.24) is 5.32 Å². The Morgan fingerprint density at radius 3 is 2.62 bits per heavy atom. The van der Waals surface area contributed by atoms with Crippen molar-refractivity contribution < 1.29 is 14.8 Å². The molecule has 0 aromatic heterocycles. The van der Waals surface area contributed by atoms with Gasteiger partial charge in [0, 0.05) is 32.2 Å². The second-order valence-electron chi connectivity index (χ2n) is 4.82. The maximum atomic E-state index is 11.1. The fraction of sp³-hybridized carbons (Fsp3) is 0.462. The molecule has 1 fully saturated rings. The van der Waals surface area contributed by atoms with E-state index in [1.165, 1.54) is 6.07 Å². The van der Waals surface area contributed by atoms with Gasteiger partial charge in [0.25, 0.3) is 5.69 Å². The first-order valence-corrected chi connectivity index (χ1v) is 6.99. The Bertz CT molecular complexity index is 559. The number of hydrogen-bond acceptors (Lipinski definition) is 6. The first kappa shape index (κ1) is 15.5. The summed E-state index contributed by atoms with van der Waals surface area (Å²) in [6, 6.07) is 3.06. The topological polar surface area (TPSA) is 98.5 Å². The lowest BCUT2D eigenvalue weighted by Crippen LogP contribution is -2.34. The van der Waals surface area contributed by atoms with E-state index in [0.29, 0.717) is 10.6 Å². The number of benzene rings is 1. The Morgan fingerprint density at radius 2 is 2.05 bits per heavy atom. The highest BCUT2D eigenvalue weighted by Gasteiger charge is 2.23. The molecule has 114 valence electrons. The fourth-order valence-corrected chi connectivity index (χ4v) is 2.78. The number of anilines is 1. The average Bonchev–Trinajstić information content (AvgIpc) is 2.93. The van der Waals surface area contributed by atoms with E-state index in [1.54, 1.807) is 6.07 Å². The van der Waals surface area contributed by atoms with Crippen LogP contribution in [0.1, 0.15) is 18.4 Å². The van der Waals surface area contributed by atoms with Gasteiger partial charge in [0.15, 0.2) is 0 Å². The van der Waals surface area contributed by atoms with Crippen LogP contribution in [0.3, 0.4) is 0 Å². The predicted molar refractivity (Wildman–Crippen MR) is 76.3 cm³/mol. The van der Waals surface area contributed by atoms with Crippen molar-refractivity contribution in [3.05, 3.63) is 32.8 Å². The predicted octanol–water partition coefficient (Wildman–Crippen LogP) is 0.688. The molecule has 0 spiro atoms. The highest BCUT2D eigenvalue weighted by molar-refractivity contribution is 6.34. The average molecular weight is 313 g/mol. The zero-order valence-electron chi connectivity index (χ0n) is 11.3. The smallest absolute Gasteiger partial charge is 0.275 e. The Hall–Kier alpha value is -1.86. The summed E-state index contributed by atoms with van der Waals surface area (Å²) >= 11 is 6.30. The minimum absolute atomic E-state index is 0.00477. The normalized spacial score (nSPS) is 14.4. The van der Waals surface area contributed by atoms with Gasteiger partial charge in [-0.1, -0.05) is 11.6 Å². The molecule has 21 heavy (non-hydrogen) atoms. The van der Waals surface area contributed by atoms with Crippen molar-refractivity contribution in [2.24, 2.45) is 0 Å². The molecule has 1 aromatic carbocycles. The molecule has 0 atom stereocenters. The lowest BCUT2D eigenvalue weighted by Gasteiger charge is -2.21. The van der Waals surface area contributed by atoms with Crippen LogP contribution in [0.15, 0.2) is 12.1 Å². The van der Waals surface area contributed by atoms with Crippen molar-refractivity contribution in [2.75, 3.05) is 24.5 Å². The molecule has 1 aliphatic rings. The fourth-order valence-electron chi connectivity index (χ4n) is 2.43. The molecule has 0 amide bonds. The number of carboxylic acids is 1. The molecule has 7 nitrogen and oxygen atoms in total. The highest BCUT2D eigenvalue weighted by atomic mass is 35.5. The second-order valence-corrected chi connectivity index (χ2v) is 5.20. The summed E-state index contributed by atoms with van der Waals surface area (Å²) in [5.41, 5.74) is 0.936. The molecule has 1 saturated heterocycles. The SMILES string of the molecule is O=C([O-])CNCc1c([N+](=O)[O-])ccc(N2CCCC2)c1Cl. The van der Waals surface area contributed by atoms with Crippen LogP contribution >= 0.6 is 11.6 Å². The van der Waals surface area contributed by atoms with E-state index < -0.39 is 10.9 Å². The van der Waals surface area contributed by atoms with E-state index >= 15 is 0 Å². The molecule has 1 aliphatic heterocycles. The number of rotatable bonds is 6. The number of nitro benzene ring substituents is 1. The molecule has 2 rings (SSSR count). The highest BCUT2D eigenvalue weighted by Crippen LogP contribution is 2.36. The summed E-state index contributed by atoms with van der Waals surface area (Å²) in [7, 11) is 0. The van der Waals surface area contributed by atoms with Crippen LogP contribution in [0.4, 0.5) is 11.4 Å². The van der Waals surface area contributed by atoms with E-state index in [0.717, 1.165) is 31.6 Å². The van der Waals surface area contributed by atoms with Crippen molar-refractivity contribution >= 4 is 28.9 Å². The van der Waals surface area contributed by atoms with E-state index in [-0.39, 0.29) is 18.8 Å². The summed E-state index contributed by atoms with van der Waals surface area (Å²) in [4.78, 5) is 23.1. The number of nitrogens with one attached hydrogen (secondary N) is 1. The number of halogens is 1. The third-order valence-electron chi connectivity index (χ3n) is 3.41. The van der Waals surface area contributed by atoms with Crippen LogP contribution in [0.25, 0.3) is 0 Å². The van der Waals surface area contributed by atoms with Crippen LogP contribution in [-0.4, -0.2) is 30.5 Å². The molecule has 1 aromatic rings. The molecule has 1 heterocycles. The van der Waals surface area contributed by atoms with Gasteiger partial charge in [-0.25, -0.2) is 0 Å². The van der Waals surface area contributed by atoms with Gasteiger partial charge >= 0.3 is 0 Å². The van der Waals surface area contributed by atoms with Gasteiger partial charge in [-0.15, -0.1) is 0 Å². The van der Waals surface area contributed by atoms with Crippen LogP contribution in [-0.2, 0) is 11.3 Å². The molecular formula is C13H15ClN3O4-. The second kappa shape index (κ2) is 6.73. The molecule has 0 saturated carbocycles. The maximum Gasteiger partial charge on any atom is 0.275 e. The standard InChI is InChI=1S/C13H16ClN3O4/c14-13-9(7-15-8-12(18)19)10(17(20)21)3-4-11(13)16-5-1-2-6-16/h3-4,15H,1-2,5-8H2,(H,18,19)/p-1. The zero-order valence-corrected chi connectivity index (χ0v) is 12.1. The van der Waals surface area contributed by atoms with Crippen molar-refractivity contribution in [3.8, 4) is 0 Å². The Morgan fingerprint density at radius 1 is 1.38 bits per heavy atom. The van der Waals surface area contributed by atoms with Crippen LogP contribution < -0.4 is 15.3 Å².